The molecule has 0 unspecified atom stereocenters. The largest absolute Gasteiger partial charge is 0.310 e. The molecule has 29 heavy (non-hydrogen) atoms. The molecule has 0 spiro atoms. The first kappa shape index (κ1) is 20.3. The number of nitrogens with one attached hydrogen (secondary N) is 1. The number of thiol groups is 1. The third-order valence-corrected chi connectivity index (χ3v) is 6.87. The van der Waals surface area contributed by atoms with Gasteiger partial charge in [0.2, 0.25) is 0 Å². The van der Waals surface area contributed by atoms with Gasteiger partial charge < -0.3 is 4.98 Å². The summed E-state index contributed by atoms with van der Waals surface area (Å²) in [6.07, 6.45) is 8.06. The Morgan fingerprint density at radius 2 is 1.93 bits per heavy atom. The lowest BCUT2D eigenvalue weighted by Crippen LogP contribution is -2.32. The van der Waals surface area contributed by atoms with Gasteiger partial charge in [-0.15, -0.1) is 17.7 Å². The van der Waals surface area contributed by atoms with E-state index in [0.717, 1.165) is 50.1 Å². The van der Waals surface area contributed by atoms with Crippen LogP contribution in [0.5, 0.6) is 0 Å². The molecule has 2 heterocycles. The zero-order valence-corrected chi connectivity index (χ0v) is 18.5. The van der Waals surface area contributed by atoms with Crippen LogP contribution in [0.3, 0.4) is 0 Å². The van der Waals surface area contributed by atoms with Crippen molar-refractivity contribution in [3.8, 4) is 0 Å². The van der Waals surface area contributed by atoms with E-state index in [-0.39, 0.29) is 17.4 Å². The number of aromatic amines is 1. The van der Waals surface area contributed by atoms with E-state index >= 15 is 0 Å². The maximum atomic E-state index is 12.7. The summed E-state index contributed by atoms with van der Waals surface area (Å²) in [6.45, 7) is 8.46. The summed E-state index contributed by atoms with van der Waals surface area (Å²) in [5.74, 6) is 0.980. The molecule has 0 bridgehead atoms. The molecule has 7 nitrogen and oxygen atoms in total. The number of H-pyrrole nitrogens is 1. The van der Waals surface area contributed by atoms with Gasteiger partial charge in [-0.25, -0.2) is 9.67 Å². The van der Waals surface area contributed by atoms with E-state index in [1.54, 1.807) is 6.20 Å². The molecule has 4 rings (SSSR count). The smallest absolute Gasteiger partial charge is 0.262 e. The van der Waals surface area contributed by atoms with Gasteiger partial charge in [-0.1, -0.05) is 13.8 Å². The maximum absolute atomic E-state index is 12.7. The minimum atomic E-state index is -0.113. The lowest BCUT2D eigenvalue weighted by atomic mass is 9.73. The summed E-state index contributed by atoms with van der Waals surface area (Å²) in [6, 6.07) is 0.309. The third kappa shape index (κ3) is 4.04. The van der Waals surface area contributed by atoms with E-state index in [2.05, 4.69) is 46.8 Å². The number of rotatable bonds is 4. The van der Waals surface area contributed by atoms with Gasteiger partial charge in [0.15, 0.2) is 5.65 Å². The highest BCUT2D eigenvalue weighted by atomic mass is 32.1. The SMILES string of the molecule is CC(C)=N/N=C(\S)[C@@H]1CC[C@H]1c1nc2c(cnn2C2CCC(C)(C)CC2)c(=O)[nH]1. The lowest BCUT2D eigenvalue weighted by Gasteiger charge is -2.35. The molecule has 0 aliphatic heterocycles. The Hall–Kier alpha value is -1.96. The molecular formula is C21H30N6OS. The van der Waals surface area contributed by atoms with E-state index in [9.17, 15) is 4.79 Å². The molecule has 2 aromatic heterocycles. The van der Waals surface area contributed by atoms with E-state index < -0.39 is 0 Å². The topological polar surface area (TPSA) is 88.3 Å². The highest BCUT2D eigenvalue weighted by Crippen LogP contribution is 2.43. The number of fused-ring (bicyclic) bond motifs is 1. The number of nitrogens with zero attached hydrogens (tertiary/aromatic N) is 5. The summed E-state index contributed by atoms with van der Waals surface area (Å²) in [4.78, 5) is 20.6. The first-order chi connectivity index (χ1) is 13.7. The lowest BCUT2D eigenvalue weighted by molar-refractivity contribution is 0.188. The Morgan fingerprint density at radius 3 is 2.55 bits per heavy atom. The highest BCUT2D eigenvalue weighted by Gasteiger charge is 2.37. The molecule has 1 N–H and O–H groups in total. The molecule has 8 heteroatoms. The second-order valence-electron chi connectivity index (χ2n) is 9.47. The van der Waals surface area contributed by atoms with Crippen molar-refractivity contribution >= 4 is 34.4 Å². The van der Waals surface area contributed by atoms with Crippen LogP contribution < -0.4 is 5.56 Å². The normalized spacial score (nSPS) is 25.1. The molecule has 0 radical (unpaired) electrons. The molecule has 2 aliphatic carbocycles. The molecule has 2 aliphatic rings. The van der Waals surface area contributed by atoms with Crippen molar-refractivity contribution in [2.45, 2.75) is 78.2 Å². The van der Waals surface area contributed by atoms with Gasteiger partial charge in [-0.2, -0.15) is 10.2 Å². The average molecular weight is 415 g/mol. The van der Waals surface area contributed by atoms with Gasteiger partial charge in [0.05, 0.1) is 17.3 Å². The van der Waals surface area contributed by atoms with Gasteiger partial charge in [0, 0.05) is 17.5 Å². The summed E-state index contributed by atoms with van der Waals surface area (Å²) in [5.41, 5.74) is 1.87. The van der Waals surface area contributed by atoms with Crippen LogP contribution in [-0.2, 0) is 0 Å². The number of hydrogen-bond acceptors (Lipinski definition) is 5. The van der Waals surface area contributed by atoms with Crippen LogP contribution in [-0.4, -0.2) is 30.5 Å². The van der Waals surface area contributed by atoms with E-state index in [1.165, 1.54) is 0 Å². The van der Waals surface area contributed by atoms with Crippen molar-refractivity contribution < 1.29 is 0 Å². The monoisotopic (exact) mass is 414 g/mol. The van der Waals surface area contributed by atoms with Gasteiger partial charge in [-0.3, -0.25) is 4.79 Å². The fourth-order valence-electron chi connectivity index (χ4n) is 4.39. The summed E-state index contributed by atoms with van der Waals surface area (Å²) < 4.78 is 1.98. The van der Waals surface area contributed by atoms with Crippen molar-refractivity contribution in [1.29, 1.82) is 0 Å². The van der Waals surface area contributed by atoms with Gasteiger partial charge in [-0.05, 0) is 57.8 Å². The van der Waals surface area contributed by atoms with Crippen molar-refractivity contribution in [1.82, 2.24) is 19.7 Å². The second-order valence-corrected chi connectivity index (χ2v) is 9.93. The fourth-order valence-corrected chi connectivity index (χ4v) is 4.74. The van der Waals surface area contributed by atoms with Gasteiger partial charge in [0.25, 0.3) is 5.56 Å². The highest BCUT2D eigenvalue weighted by molar-refractivity contribution is 7.97. The van der Waals surface area contributed by atoms with Gasteiger partial charge >= 0.3 is 0 Å². The van der Waals surface area contributed by atoms with Crippen molar-refractivity contribution in [3.05, 3.63) is 22.4 Å². The number of aromatic nitrogens is 4. The molecule has 0 amide bonds. The Bertz CT molecular complexity index is 1020. The van der Waals surface area contributed by atoms with Crippen LogP contribution in [0.15, 0.2) is 21.2 Å². The summed E-state index contributed by atoms with van der Waals surface area (Å²) in [5, 5.41) is 14.2. The summed E-state index contributed by atoms with van der Waals surface area (Å²) in [7, 11) is 0. The van der Waals surface area contributed by atoms with E-state index in [4.69, 9.17) is 4.98 Å². The average Bonchev–Trinajstić information content (AvgIpc) is 3.03. The van der Waals surface area contributed by atoms with Crippen molar-refractivity contribution in [2.24, 2.45) is 21.5 Å². The Morgan fingerprint density at radius 1 is 1.21 bits per heavy atom. The molecule has 2 fully saturated rings. The van der Waals surface area contributed by atoms with Crippen LogP contribution in [0.4, 0.5) is 0 Å². The quantitative estimate of drug-likeness (QED) is 0.335. The molecule has 2 atom stereocenters. The van der Waals surface area contributed by atoms with E-state index in [0.29, 0.717) is 27.5 Å². The molecule has 0 aromatic carbocycles. The van der Waals surface area contributed by atoms with Crippen LogP contribution in [0.25, 0.3) is 11.0 Å². The van der Waals surface area contributed by atoms with Gasteiger partial charge in [0.1, 0.15) is 11.2 Å². The molecule has 156 valence electrons. The fraction of sp³-hybridized carbons (Fsp3) is 0.667. The standard InChI is InChI=1S/C21H30N6OS/c1-12(2)25-26-20(29)15-6-5-14(15)17-23-18-16(19(28)24-17)11-22-27(18)13-7-9-21(3,4)10-8-13/h11,13-15H,5-10H2,1-4H3,(H,26,29)(H,23,24,28)/t14-,15-/m1/s1. The second kappa shape index (κ2) is 7.70. The minimum absolute atomic E-state index is 0.113. The van der Waals surface area contributed by atoms with Crippen LogP contribution in [0, 0.1) is 11.3 Å². The summed E-state index contributed by atoms with van der Waals surface area (Å²) >= 11 is 4.55. The Labute approximate surface area is 176 Å². The zero-order chi connectivity index (χ0) is 20.8. The first-order valence-electron chi connectivity index (χ1n) is 10.5. The minimum Gasteiger partial charge on any atom is -0.310 e. The molecule has 2 aromatic rings. The predicted molar refractivity (Wildman–Crippen MR) is 120 cm³/mol. The van der Waals surface area contributed by atoms with Crippen LogP contribution >= 0.6 is 12.6 Å². The molecular weight excluding hydrogens is 384 g/mol. The van der Waals surface area contributed by atoms with Crippen LogP contribution in [0.2, 0.25) is 0 Å². The Kier molecular flexibility index (Phi) is 5.40. The van der Waals surface area contributed by atoms with Crippen molar-refractivity contribution in [2.75, 3.05) is 0 Å². The molecule has 0 saturated heterocycles. The maximum Gasteiger partial charge on any atom is 0.262 e. The third-order valence-electron chi connectivity index (χ3n) is 6.45. The van der Waals surface area contributed by atoms with Crippen LogP contribution in [0.1, 0.15) is 84.0 Å². The first-order valence-corrected chi connectivity index (χ1v) is 10.9. The predicted octanol–water partition coefficient (Wildman–Crippen LogP) is 4.48. The Balaban J connectivity index is 1.64. The number of hydrogen-bond donors (Lipinski definition) is 2. The van der Waals surface area contributed by atoms with E-state index in [1.807, 2.05) is 18.5 Å². The van der Waals surface area contributed by atoms with Crippen molar-refractivity contribution in [3.63, 3.8) is 0 Å². The zero-order valence-electron chi connectivity index (χ0n) is 17.6. The molecule has 2 saturated carbocycles.